The van der Waals surface area contributed by atoms with Crippen LogP contribution in [0, 0.1) is 34.0 Å². The molecule has 32 heavy (non-hydrogen) atoms. The van der Waals surface area contributed by atoms with Crippen molar-refractivity contribution in [2.75, 3.05) is 0 Å². The second-order valence-corrected chi connectivity index (χ2v) is 13.0. The van der Waals surface area contributed by atoms with Crippen LogP contribution in [0.4, 0.5) is 0 Å². The molecular formula is C30H48O2. The van der Waals surface area contributed by atoms with Gasteiger partial charge in [-0.2, -0.15) is 0 Å². The van der Waals surface area contributed by atoms with Gasteiger partial charge in [0, 0.05) is 0 Å². The molecule has 2 nitrogen and oxygen atoms in total. The molecule has 0 aliphatic heterocycles. The van der Waals surface area contributed by atoms with E-state index in [9.17, 15) is 10.2 Å². The van der Waals surface area contributed by atoms with Crippen LogP contribution in [0.2, 0.25) is 0 Å². The molecule has 2 heteroatoms. The first-order valence-electron chi connectivity index (χ1n) is 13.4. The molecule has 0 bridgehead atoms. The molecule has 4 aliphatic carbocycles. The van der Waals surface area contributed by atoms with Crippen LogP contribution in [0.3, 0.4) is 0 Å². The van der Waals surface area contributed by atoms with E-state index in [-0.39, 0.29) is 28.5 Å². The topological polar surface area (TPSA) is 40.5 Å². The van der Waals surface area contributed by atoms with Gasteiger partial charge in [-0.05, 0) is 115 Å². The lowest BCUT2D eigenvalue weighted by molar-refractivity contribution is -0.0388. The lowest BCUT2D eigenvalue weighted by Crippen LogP contribution is -2.50. The maximum Gasteiger partial charge on any atom is 0.0769 e. The van der Waals surface area contributed by atoms with Gasteiger partial charge in [0.1, 0.15) is 0 Å². The summed E-state index contributed by atoms with van der Waals surface area (Å²) < 4.78 is 0. The van der Waals surface area contributed by atoms with E-state index in [1.807, 2.05) is 0 Å². The number of hydrogen-bond donors (Lipinski definition) is 2. The summed E-state index contributed by atoms with van der Waals surface area (Å²) in [7, 11) is 0. The Morgan fingerprint density at radius 3 is 2.53 bits per heavy atom. The Bertz CT molecular complexity index is 815. The van der Waals surface area contributed by atoms with Crippen LogP contribution < -0.4 is 0 Å². The van der Waals surface area contributed by atoms with Crippen molar-refractivity contribution in [1.29, 1.82) is 0 Å². The molecule has 4 unspecified atom stereocenters. The van der Waals surface area contributed by atoms with Gasteiger partial charge < -0.3 is 10.2 Å². The van der Waals surface area contributed by atoms with Gasteiger partial charge in [-0.25, -0.2) is 0 Å². The average Bonchev–Trinajstić information content (AvgIpc) is 2.98. The number of fused-ring (bicyclic) bond motifs is 4. The number of hydrogen-bond acceptors (Lipinski definition) is 2. The summed E-state index contributed by atoms with van der Waals surface area (Å²) >= 11 is 0. The van der Waals surface area contributed by atoms with Crippen LogP contribution >= 0.6 is 0 Å². The second kappa shape index (κ2) is 8.42. The van der Waals surface area contributed by atoms with Gasteiger partial charge in [-0.3, -0.25) is 0 Å². The van der Waals surface area contributed by atoms with E-state index in [0.717, 1.165) is 51.4 Å². The molecule has 1 fully saturated rings. The zero-order chi connectivity index (χ0) is 23.5. The highest BCUT2D eigenvalue weighted by Gasteiger charge is 2.57. The minimum atomic E-state index is -0.336. The van der Waals surface area contributed by atoms with E-state index in [0.29, 0.717) is 17.8 Å². The summed E-state index contributed by atoms with van der Waals surface area (Å²) in [5.74, 6) is 1.65. The van der Waals surface area contributed by atoms with Gasteiger partial charge in [0.05, 0.1) is 12.2 Å². The number of aliphatic hydroxyl groups excluding tert-OH is 2. The summed E-state index contributed by atoms with van der Waals surface area (Å²) in [6.45, 7) is 18.2. The highest BCUT2D eigenvalue weighted by Crippen LogP contribution is 2.65. The first-order chi connectivity index (χ1) is 14.9. The summed E-state index contributed by atoms with van der Waals surface area (Å²) in [6.07, 6.45) is 12.8. The smallest absolute Gasteiger partial charge is 0.0769 e. The van der Waals surface area contributed by atoms with Crippen molar-refractivity contribution in [3.8, 4) is 0 Å². The normalized spacial score (nSPS) is 41.0. The van der Waals surface area contributed by atoms with Crippen molar-refractivity contribution in [1.82, 2.24) is 0 Å². The van der Waals surface area contributed by atoms with Crippen molar-refractivity contribution in [2.24, 2.45) is 34.0 Å². The highest BCUT2D eigenvalue weighted by molar-refractivity contribution is 5.51. The van der Waals surface area contributed by atoms with Crippen molar-refractivity contribution < 1.29 is 10.2 Å². The maximum absolute atomic E-state index is 11.7. The molecule has 1 saturated carbocycles. The molecule has 6 atom stereocenters. The summed E-state index contributed by atoms with van der Waals surface area (Å²) in [4.78, 5) is 0. The van der Waals surface area contributed by atoms with Crippen LogP contribution in [0.15, 0.2) is 34.9 Å². The SMILES string of the molecule is C=C(CCC[C@H]1CC=C2C3=C([C@@H](O)CC21C)C1(C)CCCC(O)C(C)(C)C1CC3)C(C)C. The number of allylic oxidation sites excluding steroid dienone is 4. The summed E-state index contributed by atoms with van der Waals surface area (Å²) in [5.41, 5.74) is 5.83. The Hall–Kier alpha value is -0.860. The summed E-state index contributed by atoms with van der Waals surface area (Å²) in [5, 5.41) is 22.6. The Morgan fingerprint density at radius 2 is 1.84 bits per heavy atom. The third kappa shape index (κ3) is 3.68. The monoisotopic (exact) mass is 440 g/mol. The average molecular weight is 441 g/mol. The summed E-state index contributed by atoms with van der Waals surface area (Å²) in [6, 6.07) is 0. The van der Waals surface area contributed by atoms with Crippen molar-refractivity contribution in [3.63, 3.8) is 0 Å². The van der Waals surface area contributed by atoms with Crippen LogP contribution in [0.5, 0.6) is 0 Å². The van der Waals surface area contributed by atoms with E-state index >= 15 is 0 Å². The first-order valence-corrected chi connectivity index (χ1v) is 13.4. The zero-order valence-electron chi connectivity index (χ0n) is 21.6. The third-order valence-corrected chi connectivity index (χ3v) is 10.6. The Labute approximate surface area is 197 Å². The first kappa shape index (κ1) is 24.3. The van der Waals surface area contributed by atoms with E-state index in [2.05, 4.69) is 54.2 Å². The largest absolute Gasteiger partial charge is 0.393 e. The molecule has 180 valence electrons. The highest BCUT2D eigenvalue weighted by atomic mass is 16.3. The maximum atomic E-state index is 11.7. The van der Waals surface area contributed by atoms with Crippen LogP contribution in [0.1, 0.15) is 106 Å². The van der Waals surface area contributed by atoms with E-state index < -0.39 is 0 Å². The Kier molecular flexibility index (Phi) is 6.38. The van der Waals surface area contributed by atoms with Crippen LogP contribution in [-0.4, -0.2) is 22.4 Å². The van der Waals surface area contributed by atoms with Crippen molar-refractivity contribution >= 4 is 0 Å². The van der Waals surface area contributed by atoms with Gasteiger partial charge in [0.25, 0.3) is 0 Å². The van der Waals surface area contributed by atoms with E-state index in [4.69, 9.17) is 0 Å². The molecule has 0 aromatic rings. The third-order valence-electron chi connectivity index (χ3n) is 10.6. The molecule has 4 rings (SSSR count). The molecule has 0 heterocycles. The minimum Gasteiger partial charge on any atom is -0.393 e. The molecule has 0 spiro atoms. The predicted molar refractivity (Wildman–Crippen MR) is 134 cm³/mol. The standard InChI is InChI=1S/C30H48O2/c1-19(2)20(3)10-8-11-21-13-15-23-22-14-16-25-28(4,5)26(32)12-9-17-29(25,6)27(22)24(31)18-30(21,23)7/h15,19,21,24-26,31-32H,3,8-14,16-18H2,1-2,4-7H3/t21-,24-,25?,26?,29?,30?/m0/s1. The van der Waals surface area contributed by atoms with Crippen molar-refractivity contribution in [3.05, 3.63) is 34.9 Å². The minimum absolute atomic E-state index is 0.00322. The fourth-order valence-corrected chi connectivity index (χ4v) is 8.43. The van der Waals surface area contributed by atoms with Crippen molar-refractivity contribution in [2.45, 2.75) is 118 Å². The van der Waals surface area contributed by atoms with Gasteiger partial charge >= 0.3 is 0 Å². The fourth-order valence-electron chi connectivity index (χ4n) is 8.43. The molecular weight excluding hydrogens is 392 g/mol. The Morgan fingerprint density at radius 1 is 1.12 bits per heavy atom. The van der Waals surface area contributed by atoms with E-state index in [1.54, 1.807) is 5.57 Å². The predicted octanol–water partition coefficient (Wildman–Crippen LogP) is 7.37. The molecule has 4 aliphatic rings. The van der Waals surface area contributed by atoms with Crippen LogP contribution in [0.25, 0.3) is 0 Å². The van der Waals surface area contributed by atoms with Gasteiger partial charge in [0.2, 0.25) is 0 Å². The molecule has 0 amide bonds. The molecule has 2 N–H and O–H groups in total. The molecule has 0 aromatic heterocycles. The van der Waals surface area contributed by atoms with Gasteiger partial charge in [-0.1, -0.05) is 59.8 Å². The molecule has 0 aromatic carbocycles. The quantitative estimate of drug-likeness (QED) is 0.438. The number of rotatable bonds is 5. The number of aliphatic hydroxyl groups is 2. The van der Waals surface area contributed by atoms with Crippen LogP contribution in [-0.2, 0) is 0 Å². The lowest BCUT2D eigenvalue weighted by atomic mass is 9.49. The van der Waals surface area contributed by atoms with Gasteiger partial charge in [0.15, 0.2) is 0 Å². The molecule has 0 saturated heterocycles. The molecule has 0 radical (unpaired) electrons. The second-order valence-electron chi connectivity index (χ2n) is 13.0. The van der Waals surface area contributed by atoms with E-state index in [1.165, 1.54) is 29.6 Å². The zero-order valence-corrected chi connectivity index (χ0v) is 21.6. The lowest BCUT2D eigenvalue weighted by Gasteiger charge is -2.56. The fraction of sp³-hybridized carbons (Fsp3) is 0.800. The Balaban J connectivity index is 1.62. The van der Waals surface area contributed by atoms with Gasteiger partial charge in [-0.15, -0.1) is 0 Å².